The summed E-state index contributed by atoms with van der Waals surface area (Å²) in [5, 5.41) is 6.79. The Labute approximate surface area is 246 Å². The second-order valence-corrected chi connectivity index (χ2v) is 11.4. The molecule has 1 heterocycles. The first-order chi connectivity index (χ1) is 20.1. The number of anilines is 1. The van der Waals surface area contributed by atoms with Crippen LogP contribution >= 0.6 is 11.6 Å². The number of nitrogens with one attached hydrogen (secondary N) is 1. The fourth-order valence-electron chi connectivity index (χ4n) is 6.25. The first-order valence-corrected chi connectivity index (χ1v) is 14.6. The summed E-state index contributed by atoms with van der Waals surface area (Å²) in [5.74, 6) is 1.66. The Morgan fingerprint density at radius 3 is 2.66 bits per heavy atom. The van der Waals surface area contributed by atoms with Crippen LogP contribution in [0.4, 0.5) is 11.4 Å². The molecule has 5 aromatic carbocycles. The molecule has 0 bridgehead atoms. The van der Waals surface area contributed by atoms with Gasteiger partial charge in [-0.15, -0.1) is 0 Å². The largest absolute Gasteiger partial charge is 0.487 e. The van der Waals surface area contributed by atoms with Crippen molar-refractivity contribution in [3.63, 3.8) is 0 Å². The Hall–Kier alpha value is -4.34. The van der Waals surface area contributed by atoms with E-state index in [0.717, 1.165) is 23.2 Å². The van der Waals surface area contributed by atoms with E-state index in [2.05, 4.69) is 109 Å². The lowest BCUT2D eigenvalue weighted by Gasteiger charge is -2.37. The molecule has 1 N–H and O–H groups in total. The fraction of sp³-hybridized carbons (Fsp3) is 0.162. The van der Waals surface area contributed by atoms with E-state index < -0.39 is 0 Å². The lowest BCUT2D eigenvalue weighted by Crippen LogP contribution is -2.29. The third kappa shape index (κ3) is 5.14. The van der Waals surface area contributed by atoms with Crippen molar-refractivity contribution >= 4 is 40.0 Å². The van der Waals surface area contributed by atoms with Crippen LogP contribution in [0.2, 0.25) is 5.02 Å². The number of hydrogen-bond donors (Lipinski definition) is 1. The molecule has 0 saturated carbocycles. The van der Waals surface area contributed by atoms with Crippen molar-refractivity contribution in [2.24, 2.45) is 10.9 Å². The number of nitrogens with zero attached hydrogens (tertiary/aromatic N) is 1. The Balaban J connectivity index is 1.03. The zero-order valence-corrected chi connectivity index (χ0v) is 23.7. The average Bonchev–Trinajstić information content (AvgIpc) is 3.50. The molecule has 0 fully saturated rings. The zero-order chi connectivity index (χ0) is 27.8. The molecule has 3 atom stereocenters. The van der Waals surface area contributed by atoms with Crippen molar-refractivity contribution < 1.29 is 4.74 Å². The SMILES string of the molecule is Cc1ccc2c(c1)[C@@H]1C=CC[C@H]1[C@H](c1ccc(N=Cc3ccc(OCc4cccc5ccccc45)c(Cl)c3)cc1)N2. The van der Waals surface area contributed by atoms with E-state index in [9.17, 15) is 0 Å². The Bertz CT molecular complexity index is 1780. The maximum atomic E-state index is 6.59. The van der Waals surface area contributed by atoms with Gasteiger partial charge in [0.25, 0.3) is 0 Å². The molecule has 5 aromatic rings. The first-order valence-electron chi connectivity index (χ1n) is 14.2. The summed E-state index contributed by atoms with van der Waals surface area (Å²) in [7, 11) is 0. The molecule has 7 rings (SSSR count). The molecule has 0 radical (unpaired) electrons. The molecular weight excluding hydrogens is 524 g/mol. The van der Waals surface area contributed by atoms with Gasteiger partial charge in [0, 0.05) is 17.8 Å². The molecule has 0 saturated heterocycles. The fourth-order valence-corrected chi connectivity index (χ4v) is 6.49. The Kier molecular flexibility index (Phi) is 6.82. The number of ether oxygens (including phenoxy) is 1. The highest BCUT2D eigenvalue weighted by Gasteiger charge is 2.37. The molecule has 1 aliphatic heterocycles. The molecule has 0 spiro atoms. The molecule has 2 aliphatic rings. The minimum absolute atomic E-state index is 0.281. The van der Waals surface area contributed by atoms with Crippen LogP contribution in [0.3, 0.4) is 0 Å². The third-order valence-corrected chi connectivity index (χ3v) is 8.65. The van der Waals surface area contributed by atoms with Crippen LogP contribution in [-0.2, 0) is 6.61 Å². The normalized spacial score (nSPS) is 19.2. The van der Waals surface area contributed by atoms with Gasteiger partial charge in [-0.05, 0) is 88.7 Å². The van der Waals surface area contributed by atoms with Crippen molar-refractivity contribution in [1.29, 1.82) is 0 Å². The molecule has 3 nitrogen and oxygen atoms in total. The molecular formula is C37H31ClN2O. The van der Waals surface area contributed by atoms with E-state index >= 15 is 0 Å². The predicted molar refractivity (Wildman–Crippen MR) is 171 cm³/mol. The number of hydrogen-bond acceptors (Lipinski definition) is 3. The minimum Gasteiger partial charge on any atom is -0.487 e. The summed E-state index contributed by atoms with van der Waals surface area (Å²) in [4.78, 5) is 4.72. The second kappa shape index (κ2) is 10.9. The third-order valence-electron chi connectivity index (χ3n) is 8.35. The van der Waals surface area contributed by atoms with Crippen molar-refractivity contribution in [3.05, 3.63) is 148 Å². The van der Waals surface area contributed by atoms with E-state index in [1.807, 2.05) is 24.4 Å². The van der Waals surface area contributed by atoms with Gasteiger partial charge in [0.1, 0.15) is 12.4 Å². The van der Waals surface area contributed by atoms with Crippen molar-refractivity contribution in [3.8, 4) is 5.75 Å². The number of aryl methyl sites for hydroxylation is 1. The molecule has 0 amide bonds. The van der Waals surface area contributed by atoms with Crippen LogP contribution < -0.4 is 10.1 Å². The van der Waals surface area contributed by atoms with E-state index in [0.29, 0.717) is 29.2 Å². The summed E-state index contributed by atoms with van der Waals surface area (Å²) in [5.41, 5.74) is 8.25. The lowest BCUT2D eigenvalue weighted by molar-refractivity contribution is 0.308. The summed E-state index contributed by atoms with van der Waals surface area (Å²) >= 11 is 6.59. The highest BCUT2D eigenvalue weighted by atomic mass is 35.5. The maximum absolute atomic E-state index is 6.59. The molecule has 202 valence electrons. The molecule has 1 aliphatic carbocycles. The molecule has 0 unspecified atom stereocenters. The van der Waals surface area contributed by atoms with Crippen molar-refractivity contribution in [2.45, 2.75) is 31.9 Å². The van der Waals surface area contributed by atoms with E-state index in [4.69, 9.17) is 21.3 Å². The smallest absolute Gasteiger partial charge is 0.138 e. The predicted octanol–water partition coefficient (Wildman–Crippen LogP) is 9.96. The van der Waals surface area contributed by atoms with Crippen LogP contribution in [0.5, 0.6) is 5.75 Å². The van der Waals surface area contributed by atoms with Crippen LogP contribution in [0.1, 0.15) is 46.2 Å². The number of allylic oxidation sites excluding steroid dienone is 2. The number of halogens is 1. The molecule has 41 heavy (non-hydrogen) atoms. The average molecular weight is 555 g/mol. The zero-order valence-electron chi connectivity index (χ0n) is 22.9. The topological polar surface area (TPSA) is 33.6 Å². The van der Waals surface area contributed by atoms with Gasteiger partial charge in [-0.25, -0.2) is 0 Å². The van der Waals surface area contributed by atoms with Crippen molar-refractivity contribution in [1.82, 2.24) is 0 Å². The van der Waals surface area contributed by atoms with E-state index in [-0.39, 0.29) is 6.04 Å². The van der Waals surface area contributed by atoms with E-state index in [1.165, 1.54) is 33.2 Å². The summed E-state index contributed by atoms with van der Waals surface area (Å²) in [6.45, 7) is 2.63. The van der Waals surface area contributed by atoms with Gasteiger partial charge in [-0.3, -0.25) is 4.99 Å². The number of fused-ring (bicyclic) bond motifs is 4. The number of aliphatic imine (C=N–C) groups is 1. The lowest BCUT2D eigenvalue weighted by atomic mass is 9.76. The van der Waals surface area contributed by atoms with Gasteiger partial charge in [0.2, 0.25) is 0 Å². The quantitative estimate of drug-likeness (QED) is 0.167. The highest BCUT2D eigenvalue weighted by molar-refractivity contribution is 6.32. The van der Waals surface area contributed by atoms with Gasteiger partial charge in [-0.1, -0.05) is 96.0 Å². The van der Waals surface area contributed by atoms with Crippen molar-refractivity contribution in [2.75, 3.05) is 5.32 Å². The van der Waals surface area contributed by atoms with Crippen LogP contribution in [0.15, 0.2) is 120 Å². The van der Waals surface area contributed by atoms with Crippen LogP contribution in [-0.4, -0.2) is 6.21 Å². The minimum atomic E-state index is 0.281. The standard InChI is InChI=1S/C37H31ClN2O/c1-24-12-18-35-33(20-24)31-10-5-11-32(31)37(40-35)27-14-16-29(17-15-27)39-22-25-13-19-36(34(38)21-25)41-23-28-8-4-7-26-6-2-3-9-30(26)28/h2-10,12-22,31-32,37,40H,11,23H2,1H3/t31-,32-,37+/m1/s1. The summed E-state index contributed by atoms with van der Waals surface area (Å²) in [6, 6.07) is 36.0. The van der Waals surface area contributed by atoms with Gasteiger partial charge >= 0.3 is 0 Å². The van der Waals surface area contributed by atoms with Gasteiger partial charge in [0.15, 0.2) is 0 Å². The van der Waals surface area contributed by atoms with Gasteiger partial charge in [-0.2, -0.15) is 0 Å². The van der Waals surface area contributed by atoms with Gasteiger partial charge in [0.05, 0.1) is 16.8 Å². The van der Waals surface area contributed by atoms with Crippen LogP contribution in [0, 0.1) is 12.8 Å². The first kappa shape index (κ1) is 25.6. The van der Waals surface area contributed by atoms with Gasteiger partial charge < -0.3 is 10.1 Å². The Morgan fingerprint density at radius 2 is 1.78 bits per heavy atom. The number of rotatable bonds is 6. The molecule has 4 heteroatoms. The highest BCUT2D eigenvalue weighted by Crippen LogP contribution is 2.50. The van der Waals surface area contributed by atoms with Crippen LogP contribution in [0.25, 0.3) is 10.8 Å². The Morgan fingerprint density at radius 1 is 0.927 bits per heavy atom. The maximum Gasteiger partial charge on any atom is 0.138 e. The second-order valence-electron chi connectivity index (χ2n) is 11.0. The summed E-state index contributed by atoms with van der Waals surface area (Å²) < 4.78 is 6.09. The monoisotopic (exact) mass is 554 g/mol. The van der Waals surface area contributed by atoms with E-state index in [1.54, 1.807) is 0 Å². The molecule has 0 aromatic heterocycles. The number of benzene rings is 5. The summed E-state index contributed by atoms with van der Waals surface area (Å²) in [6.07, 6.45) is 7.67.